The van der Waals surface area contributed by atoms with Crippen LogP contribution >= 0.6 is 27.7 Å². The summed E-state index contributed by atoms with van der Waals surface area (Å²) in [7, 11) is 0. The van der Waals surface area contributed by atoms with Gasteiger partial charge in [-0.2, -0.15) is 0 Å². The number of anilines is 1. The topological polar surface area (TPSA) is 24.4 Å². The van der Waals surface area contributed by atoms with Gasteiger partial charge < -0.3 is 5.32 Å². The molecule has 0 radical (unpaired) electrons. The lowest BCUT2D eigenvalue weighted by Crippen LogP contribution is -2.16. The van der Waals surface area contributed by atoms with E-state index in [0.29, 0.717) is 10.7 Å². The van der Waals surface area contributed by atoms with Crippen molar-refractivity contribution < 1.29 is 0 Å². The van der Waals surface area contributed by atoms with Crippen molar-refractivity contribution in [3.05, 3.63) is 28.7 Å². The van der Waals surface area contributed by atoms with E-state index in [1.54, 1.807) is 0 Å². The Bertz CT molecular complexity index is 451. The number of halogens is 1. The lowest BCUT2D eigenvalue weighted by atomic mass is 9.90. The third-order valence-electron chi connectivity index (χ3n) is 2.63. The highest BCUT2D eigenvalue weighted by atomic mass is 79.9. The second-order valence-corrected chi connectivity index (χ2v) is 7.99. The summed E-state index contributed by atoms with van der Waals surface area (Å²) in [6.07, 6.45) is 1.20. The number of hydrogen-bond acceptors (Lipinski definition) is 3. The molecule has 98 valence electrons. The van der Waals surface area contributed by atoms with Crippen LogP contribution in [0.2, 0.25) is 0 Å². The van der Waals surface area contributed by atoms with Crippen molar-refractivity contribution in [2.24, 2.45) is 10.4 Å². The molecular weight excluding hydrogens is 308 g/mol. The number of aliphatic imine (C=N–C) groups is 1. The zero-order valence-corrected chi connectivity index (χ0v) is 13.4. The van der Waals surface area contributed by atoms with Gasteiger partial charge in [-0.1, -0.05) is 54.5 Å². The summed E-state index contributed by atoms with van der Waals surface area (Å²) < 4.78 is 1.09. The summed E-state index contributed by atoms with van der Waals surface area (Å²) in [6, 6.07) is 8.18. The molecule has 1 unspecified atom stereocenters. The number of hydrogen-bond donors (Lipinski definition) is 1. The van der Waals surface area contributed by atoms with Crippen LogP contribution < -0.4 is 5.32 Å². The van der Waals surface area contributed by atoms with E-state index in [4.69, 9.17) is 0 Å². The molecular formula is C14H19BrN2S. The molecule has 1 atom stereocenters. The molecule has 2 rings (SSSR count). The Morgan fingerprint density at radius 2 is 2.22 bits per heavy atom. The Hall–Kier alpha value is -0.480. The molecule has 1 aromatic carbocycles. The molecule has 18 heavy (non-hydrogen) atoms. The maximum Gasteiger partial charge on any atom is 0.161 e. The average Bonchev–Trinajstić information content (AvgIpc) is 2.62. The first kappa shape index (κ1) is 13.9. The Morgan fingerprint density at radius 3 is 2.89 bits per heavy atom. The summed E-state index contributed by atoms with van der Waals surface area (Å²) >= 11 is 5.34. The molecule has 0 amide bonds. The van der Waals surface area contributed by atoms with Gasteiger partial charge in [0.15, 0.2) is 5.17 Å². The first-order valence-electron chi connectivity index (χ1n) is 6.16. The summed E-state index contributed by atoms with van der Waals surface area (Å²) in [4.78, 5) is 4.58. The quantitative estimate of drug-likeness (QED) is 0.846. The number of benzene rings is 1. The van der Waals surface area contributed by atoms with Crippen LogP contribution in [0.15, 0.2) is 33.7 Å². The van der Waals surface area contributed by atoms with Crippen molar-refractivity contribution in [1.82, 2.24) is 0 Å². The second kappa shape index (κ2) is 5.66. The molecule has 0 aromatic heterocycles. The van der Waals surface area contributed by atoms with Crippen LogP contribution in [-0.2, 0) is 0 Å². The minimum Gasteiger partial charge on any atom is -0.335 e. The molecule has 0 saturated carbocycles. The van der Waals surface area contributed by atoms with Gasteiger partial charge in [-0.25, -0.2) is 0 Å². The van der Waals surface area contributed by atoms with Crippen molar-refractivity contribution in [3.8, 4) is 0 Å². The molecule has 4 heteroatoms. The predicted molar refractivity (Wildman–Crippen MR) is 85.5 cm³/mol. The molecule has 0 saturated heterocycles. The Morgan fingerprint density at radius 1 is 1.44 bits per heavy atom. The normalized spacial score (nSPS) is 19.8. The SMILES string of the molecule is CC(C)(C)CC1CN=C(Nc2cccc(Br)c2)S1. The van der Waals surface area contributed by atoms with Crippen molar-refractivity contribution in [2.45, 2.75) is 32.4 Å². The summed E-state index contributed by atoms with van der Waals surface area (Å²) in [6.45, 7) is 7.78. The van der Waals surface area contributed by atoms with Gasteiger partial charge in [0.25, 0.3) is 0 Å². The fourth-order valence-electron chi connectivity index (χ4n) is 1.97. The van der Waals surface area contributed by atoms with Gasteiger partial charge >= 0.3 is 0 Å². The Kier molecular flexibility index (Phi) is 4.38. The summed E-state index contributed by atoms with van der Waals surface area (Å²) in [5.74, 6) is 0. The molecule has 0 spiro atoms. The van der Waals surface area contributed by atoms with Crippen LogP contribution in [0.25, 0.3) is 0 Å². The zero-order valence-electron chi connectivity index (χ0n) is 11.0. The van der Waals surface area contributed by atoms with Gasteiger partial charge in [-0.3, -0.25) is 4.99 Å². The highest BCUT2D eigenvalue weighted by Crippen LogP contribution is 2.32. The van der Waals surface area contributed by atoms with Gasteiger partial charge in [0.05, 0.1) is 6.54 Å². The van der Waals surface area contributed by atoms with Crippen LogP contribution in [0.5, 0.6) is 0 Å². The van der Waals surface area contributed by atoms with E-state index in [1.165, 1.54) is 6.42 Å². The van der Waals surface area contributed by atoms with Gasteiger partial charge in [0.2, 0.25) is 0 Å². The maximum absolute atomic E-state index is 4.58. The van der Waals surface area contributed by atoms with E-state index in [1.807, 2.05) is 23.9 Å². The lowest BCUT2D eigenvalue weighted by molar-refractivity contribution is 0.375. The molecule has 1 aliphatic rings. The van der Waals surface area contributed by atoms with Gasteiger partial charge in [0.1, 0.15) is 0 Å². The van der Waals surface area contributed by atoms with Crippen molar-refractivity contribution in [2.75, 3.05) is 11.9 Å². The van der Waals surface area contributed by atoms with E-state index in [0.717, 1.165) is 21.9 Å². The average molecular weight is 327 g/mol. The molecule has 1 aromatic rings. The van der Waals surface area contributed by atoms with Gasteiger partial charge in [-0.05, 0) is 30.0 Å². The highest BCUT2D eigenvalue weighted by Gasteiger charge is 2.24. The third-order valence-corrected chi connectivity index (χ3v) is 4.23. The highest BCUT2D eigenvalue weighted by molar-refractivity contribution is 9.10. The fourth-order valence-corrected chi connectivity index (χ4v) is 3.74. The number of rotatable bonds is 2. The van der Waals surface area contributed by atoms with Gasteiger partial charge in [-0.15, -0.1) is 0 Å². The van der Waals surface area contributed by atoms with Crippen molar-refractivity contribution in [1.29, 1.82) is 0 Å². The number of nitrogens with zero attached hydrogens (tertiary/aromatic N) is 1. The Balaban J connectivity index is 1.90. The monoisotopic (exact) mass is 326 g/mol. The van der Waals surface area contributed by atoms with Crippen LogP contribution in [0, 0.1) is 5.41 Å². The standard InChI is InChI=1S/C14H19BrN2S/c1-14(2,3)8-12-9-16-13(18-12)17-11-6-4-5-10(15)7-11/h4-7,12H,8-9H2,1-3H3,(H,16,17). The molecule has 0 aliphatic carbocycles. The van der Waals surface area contributed by atoms with E-state index in [9.17, 15) is 0 Å². The van der Waals surface area contributed by atoms with E-state index in [2.05, 4.69) is 59.1 Å². The number of nitrogens with one attached hydrogen (secondary N) is 1. The number of thioether (sulfide) groups is 1. The van der Waals surface area contributed by atoms with Gasteiger partial charge in [0, 0.05) is 15.4 Å². The molecule has 2 nitrogen and oxygen atoms in total. The number of amidine groups is 1. The first-order valence-corrected chi connectivity index (χ1v) is 7.83. The minimum atomic E-state index is 0.373. The first-order chi connectivity index (χ1) is 8.42. The zero-order chi connectivity index (χ0) is 13.2. The van der Waals surface area contributed by atoms with Crippen LogP contribution in [0.4, 0.5) is 5.69 Å². The van der Waals surface area contributed by atoms with E-state index >= 15 is 0 Å². The molecule has 0 bridgehead atoms. The Labute approximate surface area is 122 Å². The molecule has 1 N–H and O–H groups in total. The minimum absolute atomic E-state index is 0.373. The molecule has 0 fully saturated rings. The summed E-state index contributed by atoms with van der Waals surface area (Å²) in [5, 5.41) is 5.04. The maximum atomic E-state index is 4.58. The van der Waals surface area contributed by atoms with Crippen molar-refractivity contribution in [3.63, 3.8) is 0 Å². The smallest absolute Gasteiger partial charge is 0.161 e. The third kappa shape index (κ3) is 4.32. The van der Waals surface area contributed by atoms with Crippen molar-refractivity contribution >= 4 is 38.5 Å². The largest absolute Gasteiger partial charge is 0.335 e. The van der Waals surface area contributed by atoms with E-state index in [-0.39, 0.29) is 0 Å². The summed E-state index contributed by atoms with van der Waals surface area (Å²) in [5.41, 5.74) is 1.46. The van der Waals surface area contributed by atoms with E-state index < -0.39 is 0 Å². The second-order valence-electron chi connectivity index (χ2n) is 5.79. The molecule has 1 heterocycles. The van der Waals surface area contributed by atoms with Crippen LogP contribution in [-0.4, -0.2) is 17.0 Å². The fraction of sp³-hybridized carbons (Fsp3) is 0.500. The van der Waals surface area contributed by atoms with Crippen LogP contribution in [0.1, 0.15) is 27.2 Å². The van der Waals surface area contributed by atoms with Crippen LogP contribution in [0.3, 0.4) is 0 Å². The predicted octanol–water partition coefficient (Wildman–Crippen LogP) is 4.77. The molecule has 1 aliphatic heterocycles. The lowest BCUT2D eigenvalue weighted by Gasteiger charge is -2.21.